The second-order valence-corrected chi connectivity index (χ2v) is 6.86. The van der Waals surface area contributed by atoms with E-state index in [1.165, 1.54) is 0 Å². The van der Waals surface area contributed by atoms with Crippen molar-refractivity contribution >= 4 is 17.5 Å². The zero-order chi connectivity index (χ0) is 17.7. The van der Waals surface area contributed by atoms with Gasteiger partial charge in [0, 0.05) is 5.69 Å². The lowest BCUT2D eigenvalue weighted by molar-refractivity contribution is -0.136. The monoisotopic (exact) mass is 324 g/mol. The average Bonchev–Trinajstić information content (AvgIpc) is 2.55. The summed E-state index contributed by atoms with van der Waals surface area (Å²) in [4.78, 5) is 24.4. The minimum Gasteiger partial charge on any atom is -0.341 e. The van der Waals surface area contributed by atoms with Crippen LogP contribution >= 0.6 is 0 Å². The van der Waals surface area contributed by atoms with Gasteiger partial charge >= 0.3 is 11.8 Å². The van der Waals surface area contributed by atoms with Gasteiger partial charge in [-0.3, -0.25) is 9.59 Å². The van der Waals surface area contributed by atoms with Crippen LogP contribution < -0.4 is 10.6 Å². The first-order valence-electron chi connectivity index (χ1n) is 8.05. The van der Waals surface area contributed by atoms with Crippen molar-refractivity contribution < 1.29 is 9.59 Å². The van der Waals surface area contributed by atoms with Gasteiger partial charge in [-0.15, -0.1) is 0 Å². The van der Waals surface area contributed by atoms with Gasteiger partial charge in [-0.25, -0.2) is 0 Å². The Kier molecular flexibility index (Phi) is 5.39. The molecule has 0 saturated heterocycles. The van der Waals surface area contributed by atoms with E-state index in [1.54, 1.807) is 0 Å². The summed E-state index contributed by atoms with van der Waals surface area (Å²) in [6.45, 7) is 8.05. The molecule has 2 amide bonds. The SMILES string of the molecule is C[C@H](NC(=O)C(=O)Nc1ccccc1C(C)(C)C)c1ccccc1. The van der Waals surface area contributed by atoms with Gasteiger partial charge in [0.2, 0.25) is 0 Å². The number of hydrogen-bond donors (Lipinski definition) is 2. The topological polar surface area (TPSA) is 58.2 Å². The number of anilines is 1. The molecule has 2 rings (SSSR count). The highest BCUT2D eigenvalue weighted by Gasteiger charge is 2.22. The lowest BCUT2D eigenvalue weighted by atomic mass is 9.86. The van der Waals surface area contributed by atoms with Crippen LogP contribution in [0.25, 0.3) is 0 Å². The van der Waals surface area contributed by atoms with Crippen LogP contribution in [0, 0.1) is 0 Å². The Morgan fingerprint density at radius 1 is 0.875 bits per heavy atom. The highest BCUT2D eigenvalue weighted by Crippen LogP contribution is 2.29. The third-order valence-corrected chi connectivity index (χ3v) is 3.84. The highest BCUT2D eigenvalue weighted by atomic mass is 16.2. The van der Waals surface area contributed by atoms with Crippen LogP contribution in [0.4, 0.5) is 5.69 Å². The van der Waals surface area contributed by atoms with Crippen molar-refractivity contribution in [1.82, 2.24) is 5.32 Å². The molecule has 0 aromatic heterocycles. The van der Waals surface area contributed by atoms with E-state index in [2.05, 4.69) is 31.4 Å². The van der Waals surface area contributed by atoms with Gasteiger partial charge in [0.1, 0.15) is 0 Å². The molecule has 0 radical (unpaired) electrons. The number of nitrogens with one attached hydrogen (secondary N) is 2. The Hall–Kier alpha value is -2.62. The lowest BCUT2D eigenvalue weighted by Crippen LogP contribution is -2.37. The number of carbonyl (C=O) groups is 2. The summed E-state index contributed by atoms with van der Waals surface area (Å²) in [6, 6.07) is 16.8. The molecule has 4 heteroatoms. The van der Waals surface area contributed by atoms with E-state index in [1.807, 2.05) is 61.5 Å². The molecule has 0 fully saturated rings. The summed E-state index contributed by atoms with van der Waals surface area (Å²) < 4.78 is 0. The molecule has 2 aromatic rings. The number of amides is 2. The van der Waals surface area contributed by atoms with Gasteiger partial charge in [0.05, 0.1) is 6.04 Å². The second kappa shape index (κ2) is 7.30. The molecule has 0 bridgehead atoms. The van der Waals surface area contributed by atoms with Crippen LogP contribution in [0.2, 0.25) is 0 Å². The molecular weight excluding hydrogens is 300 g/mol. The molecule has 0 aliphatic heterocycles. The van der Waals surface area contributed by atoms with Crippen LogP contribution in [-0.4, -0.2) is 11.8 Å². The fourth-order valence-corrected chi connectivity index (χ4v) is 2.51. The molecule has 2 N–H and O–H groups in total. The third kappa shape index (κ3) is 4.44. The molecule has 0 unspecified atom stereocenters. The fraction of sp³-hybridized carbons (Fsp3) is 0.300. The summed E-state index contributed by atoms with van der Waals surface area (Å²) in [5.74, 6) is -1.30. The Labute approximate surface area is 143 Å². The van der Waals surface area contributed by atoms with Crippen LogP contribution in [0.3, 0.4) is 0 Å². The van der Waals surface area contributed by atoms with Crippen LogP contribution in [-0.2, 0) is 15.0 Å². The second-order valence-electron chi connectivity index (χ2n) is 6.86. The Balaban J connectivity index is 2.07. The average molecular weight is 324 g/mol. The van der Waals surface area contributed by atoms with Crippen LogP contribution in [0.1, 0.15) is 44.9 Å². The van der Waals surface area contributed by atoms with Crippen molar-refractivity contribution in [1.29, 1.82) is 0 Å². The maximum Gasteiger partial charge on any atom is 0.313 e. The molecular formula is C20H24N2O2. The normalized spacial score (nSPS) is 12.3. The first kappa shape index (κ1) is 17.7. The minimum atomic E-state index is -0.658. The molecule has 4 nitrogen and oxygen atoms in total. The molecule has 1 atom stereocenters. The summed E-state index contributed by atoms with van der Waals surface area (Å²) in [5, 5.41) is 5.45. The van der Waals surface area contributed by atoms with E-state index < -0.39 is 11.8 Å². The lowest BCUT2D eigenvalue weighted by Gasteiger charge is -2.23. The predicted molar refractivity (Wildman–Crippen MR) is 96.8 cm³/mol. The number of carbonyl (C=O) groups excluding carboxylic acids is 2. The van der Waals surface area contributed by atoms with Gasteiger partial charge in [-0.2, -0.15) is 0 Å². The maximum atomic E-state index is 12.2. The quantitative estimate of drug-likeness (QED) is 0.844. The molecule has 0 heterocycles. The molecule has 126 valence electrons. The van der Waals surface area contributed by atoms with E-state index in [4.69, 9.17) is 0 Å². The smallest absolute Gasteiger partial charge is 0.313 e. The van der Waals surface area contributed by atoms with Crippen molar-refractivity contribution in [2.24, 2.45) is 0 Å². The zero-order valence-corrected chi connectivity index (χ0v) is 14.6. The Morgan fingerprint density at radius 3 is 2.08 bits per heavy atom. The van der Waals surface area contributed by atoms with Gasteiger partial charge < -0.3 is 10.6 Å². The summed E-state index contributed by atoms with van der Waals surface area (Å²) in [6.07, 6.45) is 0. The molecule has 2 aromatic carbocycles. The largest absolute Gasteiger partial charge is 0.341 e. The maximum absolute atomic E-state index is 12.2. The number of benzene rings is 2. The van der Waals surface area contributed by atoms with Crippen molar-refractivity contribution in [2.75, 3.05) is 5.32 Å². The molecule has 0 aliphatic carbocycles. The highest BCUT2D eigenvalue weighted by molar-refractivity contribution is 6.39. The van der Waals surface area contributed by atoms with E-state index >= 15 is 0 Å². The first-order valence-corrected chi connectivity index (χ1v) is 8.05. The summed E-state index contributed by atoms with van der Waals surface area (Å²) >= 11 is 0. The van der Waals surface area contributed by atoms with Gasteiger partial charge in [-0.1, -0.05) is 69.3 Å². The predicted octanol–water partition coefficient (Wildman–Crippen LogP) is 3.80. The molecule has 0 saturated carbocycles. The van der Waals surface area contributed by atoms with E-state index in [-0.39, 0.29) is 11.5 Å². The number of hydrogen-bond acceptors (Lipinski definition) is 2. The standard InChI is InChI=1S/C20H24N2O2/c1-14(15-10-6-5-7-11-15)21-18(23)19(24)22-17-13-9-8-12-16(17)20(2,3)4/h5-14H,1-4H3,(H,21,23)(H,22,24)/t14-/m0/s1. The van der Waals surface area contributed by atoms with E-state index in [0.29, 0.717) is 5.69 Å². The van der Waals surface area contributed by atoms with E-state index in [9.17, 15) is 9.59 Å². The molecule has 24 heavy (non-hydrogen) atoms. The van der Waals surface area contributed by atoms with Crippen LogP contribution in [0.5, 0.6) is 0 Å². The number of rotatable bonds is 3. The Bertz CT molecular complexity index is 718. The van der Waals surface area contributed by atoms with Crippen molar-refractivity contribution in [2.45, 2.75) is 39.2 Å². The minimum absolute atomic E-state index is 0.127. The van der Waals surface area contributed by atoms with E-state index in [0.717, 1.165) is 11.1 Å². The van der Waals surface area contributed by atoms with Crippen molar-refractivity contribution in [3.63, 3.8) is 0 Å². The molecule has 0 spiro atoms. The van der Waals surface area contributed by atoms with Crippen LogP contribution in [0.15, 0.2) is 54.6 Å². The van der Waals surface area contributed by atoms with Crippen molar-refractivity contribution in [3.8, 4) is 0 Å². The Morgan fingerprint density at radius 2 is 1.46 bits per heavy atom. The van der Waals surface area contributed by atoms with Crippen molar-refractivity contribution in [3.05, 3.63) is 65.7 Å². The zero-order valence-electron chi connectivity index (χ0n) is 14.6. The summed E-state index contributed by atoms with van der Waals surface area (Å²) in [7, 11) is 0. The number of para-hydroxylation sites is 1. The molecule has 0 aliphatic rings. The van der Waals surface area contributed by atoms with Gasteiger partial charge in [0.15, 0.2) is 0 Å². The van der Waals surface area contributed by atoms with Gasteiger partial charge in [0.25, 0.3) is 0 Å². The van der Waals surface area contributed by atoms with Gasteiger partial charge in [-0.05, 0) is 29.5 Å². The first-order chi connectivity index (χ1) is 11.3. The third-order valence-electron chi connectivity index (χ3n) is 3.84. The fourth-order valence-electron chi connectivity index (χ4n) is 2.51. The summed E-state index contributed by atoms with van der Waals surface area (Å²) in [5.41, 5.74) is 2.48.